The number of rotatable bonds is 4. The number of carbonyl (C=O) groups excluding carboxylic acids is 3. The Bertz CT molecular complexity index is 613. The average molecular weight is 295 g/mol. The topological polar surface area (TPSA) is 142 Å². The third kappa shape index (κ3) is 4.00. The molecule has 112 valence electrons. The van der Waals surface area contributed by atoms with E-state index in [9.17, 15) is 24.5 Å². The molecule has 9 nitrogen and oxygen atoms in total. The summed E-state index contributed by atoms with van der Waals surface area (Å²) in [5.74, 6) is -1.80. The first-order chi connectivity index (χ1) is 9.73. The number of urea groups is 1. The molecule has 9 heteroatoms. The lowest BCUT2D eigenvalue weighted by Gasteiger charge is -2.13. The highest BCUT2D eigenvalue weighted by molar-refractivity contribution is 5.98. The number of benzene rings is 1. The molecular weight excluding hydrogens is 282 g/mol. The van der Waals surface area contributed by atoms with Crippen molar-refractivity contribution in [2.24, 2.45) is 5.73 Å². The number of ether oxygens (including phenoxy) is 1. The van der Waals surface area contributed by atoms with E-state index in [1.807, 2.05) is 0 Å². The summed E-state index contributed by atoms with van der Waals surface area (Å²) >= 11 is 0. The first-order valence-corrected chi connectivity index (χ1v) is 5.79. The SMILES string of the molecule is Cc1c(C(=O)O[C@H](C)C(=O)NC(N)=O)cccc1[N+](=O)[O-]. The monoisotopic (exact) mass is 295 g/mol. The molecule has 3 amide bonds. The van der Waals surface area contributed by atoms with Crippen LogP contribution in [0.1, 0.15) is 22.8 Å². The number of nitrogens with two attached hydrogens (primary N) is 1. The van der Waals surface area contributed by atoms with Crippen LogP contribution in [0, 0.1) is 17.0 Å². The van der Waals surface area contributed by atoms with Crippen molar-refractivity contribution in [2.45, 2.75) is 20.0 Å². The summed E-state index contributed by atoms with van der Waals surface area (Å²) in [5, 5.41) is 12.5. The first-order valence-electron chi connectivity index (χ1n) is 5.79. The fraction of sp³-hybridized carbons (Fsp3) is 0.250. The Kier molecular flexibility index (Phi) is 4.95. The molecule has 1 rings (SSSR count). The maximum atomic E-state index is 11.9. The Morgan fingerprint density at radius 1 is 1.38 bits per heavy atom. The van der Waals surface area contributed by atoms with Gasteiger partial charge in [0.15, 0.2) is 6.10 Å². The summed E-state index contributed by atoms with van der Waals surface area (Å²) in [7, 11) is 0. The van der Waals surface area contributed by atoms with Gasteiger partial charge in [0.05, 0.1) is 10.5 Å². The summed E-state index contributed by atoms with van der Waals surface area (Å²) in [6.45, 7) is 2.63. The molecule has 0 aliphatic carbocycles. The lowest BCUT2D eigenvalue weighted by Crippen LogP contribution is -2.42. The predicted molar refractivity (Wildman–Crippen MR) is 70.4 cm³/mol. The average Bonchev–Trinajstić information content (AvgIpc) is 2.37. The lowest BCUT2D eigenvalue weighted by atomic mass is 10.1. The van der Waals surface area contributed by atoms with Crippen LogP contribution in [-0.2, 0) is 9.53 Å². The summed E-state index contributed by atoms with van der Waals surface area (Å²) in [4.78, 5) is 44.0. The van der Waals surface area contributed by atoms with Gasteiger partial charge in [-0.05, 0) is 19.9 Å². The van der Waals surface area contributed by atoms with E-state index in [1.54, 1.807) is 5.32 Å². The molecule has 0 bridgehead atoms. The van der Waals surface area contributed by atoms with Gasteiger partial charge >= 0.3 is 12.0 Å². The highest BCUT2D eigenvalue weighted by Gasteiger charge is 2.23. The lowest BCUT2D eigenvalue weighted by molar-refractivity contribution is -0.385. The number of primary amides is 1. The fourth-order valence-corrected chi connectivity index (χ4v) is 1.54. The van der Waals surface area contributed by atoms with Crippen LogP contribution in [0.5, 0.6) is 0 Å². The van der Waals surface area contributed by atoms with E-state index < -0.39 is 28.9 Å². The summed E-state index contributed by atoms with van der Waals surface area (Å²) in [6, 6.07) is 2.84. The highest BCUT2D eigenvalue weighted by Crippen LogP contribution is 2.22. The molecule has 0 fully saturated rings. The van der Waals surface area contributed by atoms with Crippen molar-refractivity contribution in [3.63, 3.8) is 0 Å². The largest absolute Gasteiger partial charge is 0.449 e. The number of hydrogen-bond acceptors (Lipinski definition) is 6. The zero-order chi connectivity index (χ0) is 16.2. The van der Waals surface area contributed by atoms with Crippen molar-refractivity contribution in [1.29, 1.82) is 0 Å². The van der Waals surface area contributed by atoms with Crippen LogP contribution in [0.15, 0.2) is 18.2 Å². The maximum Gasteiger partial charge on any atom is 0.339 e. The molecule has 1 aromatic carbocycles. The summed E-state index contributed by atoms with van der Waals surface area (Å²) in [5.41, 5.74) is 4.61. The number of esters is 1. The first kappa shape index (κ1) is 16.1. The normalized spacial score (nSPS) is 11.3. The van der Waals surface area contributed by atoms with Gasteiger partial charge in [-0.15, -0.1) is 0 Å². The van der Waals surface area contributed by atoms with Crippen molar-refractivity contribution in [1.82, 2.24) is 5.32 Å². The number of nitrogens with zero attached hydrogens (tertiary/aromatic N) is 1. The predicted octanol–water partition coefficient (Wildman–Crippen LogP) is 0.643. The Morgan fingerprint density at radius 2 is 2.00 bits per heavy atom. The second-order valence-corrected chi connectivity index (χ2v) is 4.11. The van der Waals surface area contributed by atoms with Gasteiger partial charge in [0, 0.05) is 11.6 Å². The van der Waals surface area contributed by atoms with Crippen LogP contribution in [0.4, 0.5) is 10.5 Å². The molecule has 3 N–H and O–H groups in total. The summed E-state index contributed by atoms with van der Waals surface area (Å²) in [6.07, 6.45) is -1.27. The third-order valence-electron chi connectivity index (χ3n) is 2.62. The van der Waals surface area contributed by atoms with E-state index >= 15 is 0 Å². The molecule has 21 heavy (non-hydrogen) atoms. The van der Waals surface area contributed by atoms with E-state index in [0.29, 0.717) is 0 Å². The second-order valence-electron chi connectivity index (χ2n) is 4.11. The number of carbonyl (C=O) groups is 3. The molecule has 0 unspecified atom stereocenters. The van der Waals surface area contributed by atoms with Gasteiger partial charge in [0.2, 0.25) is 0 Å². The van der Waals surface area contributed by atoms with Crippen molar-refractivity contribution >= 4 is 23.6 Å². The second kappa shape index (κ2) is 6.46. The standard InChI is InChI=1S/C12H13N3O6/c1-6-8(4-3-5-9(6)15(19)20)11(17)21-7(2)10(16)14-12(13)18/h3-5,7H,1-2H3,(H3,13,14,16,18)/t7-/m1/s1. The molecule has 1 atom stereocenters. The quantitative estimate of drug-likeness (QED) is 0.474. The number of nitrogens with one attached hydrogen (secondary N) is 1. The zero-order valence-corrected chi connectivity index (χ0v) is 11.3. The van der Waals surface area contributed by atoms with Gasteiger partial charge in [-0.3, -0.25) is 20.2 Å². The molecule has 1 aromatic rings. The van der Waals surface area contributed by atoms with E-state index in [0.717, 1.165) is 0 Å². The van der Waals surface area contributed by atoms with Gasteiger partial charge in [0.25, 0.3) is 11.6 Å². The minimum atomic E-state index is -1.27. The van der Waals surface area contributed by atoms with Gasteiger partial charge < -0.3 is 10.5 Å². The molecule has 0 radical (unpaired) electrons. The molecule has 0 spiro atoms. The molecule has 0 saturated carbocycles. The smallest absolute Gasteiger partial charge is 0.339 e. The van der Waals surface area contributed by atoms with E-state index in [2.05, 4.69) is 0 Å². The van der Waals surface area contributed by atoms with Crippen LogP contribution in [0.25, 0.3) is 0 Å². The number of nitro groups is 1. The van der Waals surface area contributed by atoms with Crippen molar-refractivity contribution in [3.8, 4) is 0 Å². The minimum absolute atomic E-state index is 0.0390. The number of amides is 3. The zero-order valence-electron chi connectivity index (χ0n) is 11.3. The van der Waals surface area contributed by atoms with Crippen molar-refractivity contribution in [2.75, 3.05) is 0 Å². The highest BCUT2D eigenvalue weighted by atomic mass is 16.6. The van der Waals surface area contributed by atoms with E-state index in [1.165, 1.54) is 32.0 Å². The number of imide groups is 1. The number of nitro benzene ring substituents is 1. The molecule has 0 aliphatic rings. The van der Waals surface area contributed by atoms with E-state index in [-0.39, 0.29) is 16.8 Å². The van der Waals surface area contributed by atoms with Crippen LogP contribution in [0.3, 0.4) is 0 Å². The third-order valence-corrected chi connectivity index (χ3v) is 2.62. The fourth-order valence-electron chi connectivity index (χ4n) is 1.54. The van der Waals surface area contributed by atoms with E-state index in [4.69, 9.17) is 10.5 Å². The molecular formula is C12H13N3O6. The van der Waals surface area contributed by atoms with Gasteiger partial charge in [-0.1, -0.05) is 6.07 Å². The number of hydrogen-bond donors (Lipinski definition) is 2. The molecule has 0 aliphatic heterocycles. The van der Waals surface area contributed by atoms with Gasteiger partial charge in [0.1, 0.15) is 0 Å². The van der Waals surface area contributed by atoms with Crippen molar-refractivity contribution < 1.29 is 24.0 Å². The Morgan fingerprint density at radius 3 is 2.52 bits per heavy atom. The van der Waals surface area contributed by atoms with Crippen LogP contribution in [-0.4, -0.2) is 28.9 Å². The molecule has 0 heterocycles. The van der Waals surface area contributed by atoms with Crippen LogP contribution < -0.4 is 11.1 Å². The Balaban J connectivity index is 2.90. The van der Waals surface area contributed by atoms with Crippen LogP contribution in [0.2, 0.25) is 0 Å². The molecule has 0 aromatic heterocycles. The van der Waals surface area contributed by atoms with Gasteiger partial charge in [-0.2, -0.15) is 0 Å². The Labute approximate surface area is 119 Å². The Hall–Kier alpha value is -2.97. The minimum Gasteiger partial charge on any atom is -0.449 e. The van der Waals surface area contributed by atoms with Gasteiger partial charge in [-0.25, -0.2) is 9.59 Å². The summed E-state index contributed by atoms with van der Waals surface area (Å²) < 4.78 is 4.83. The van der Waals surface area contributed by atoms with Crippen LogP contribution >= 0.6 is 0 Å². The maximum absolute atomic E-state index is 11.9. The van der Waals surface area contributed by atoms with Crippen molar-refractivity contribution in [3.05, 3.63) is 39.4 Å². The molecule has 0 saturated heterocycles.